The Balaban J connectivity index is 1.61. The molecule has 0 bridgehead atoms. The predicted molar refractivity (Wildman–Crippen MR) is 76.3 cm³/mol. The predicted octanol–water partition coefficient (Wildman–Crippen LogP) is 2.74. The number of hydrogen-bond donors (Lipinski definition) is 1. The molecular weight excluding hydrogens is 255 g/mol. The van der Waals surface area contributed by atoms with E-state index in [0.717, 1.165) is 37.4 Å². The number of benzene rings is 1. The maximum absolute atomic E-state index is 13.2. The zero-order valence-corrected chi connectivity index (χ0v) is 11.6. The molecule has 2 heterocycles. The van der Waals surface area contributed by atoms with Gasteiger partial charge in [0.1, 0.15) is 17.7 Å². The molecule has 0 aliphatic carbocycles. The standard InChI is InChI=1S/C16H19FN2O/c1-2-18-9-12-5-6-19(10-12)11-15-8-13-7-14(17)3-4-16(13)20-15/h3-7,10,15,18H,2,8-9,11H2,1H3. The number of aromatic nitrogens is 1. The quantitative estimate of drug-likeness (QED) is 0.907. The molecule has 0 saturated heterocycles. The topological polar surface area (TPSA) is 26.2 Å². The Labute approximate surface area is 118 Å². The summed E-state index contributed by atoms with van der Waals surface area (Å²) in [6.45, 7) is 4.75. The van der Waals surface area contributed by atoms with Crippen LogP contribution >= 0.6 is 0 Å². The molecule has 106 valence electrons. The van der Waals surface area contributed by atoms with E-state index in [1.54, 1.807) is 12.1 Å². The van der Waals surface area contributed by atoms with Crippen LogP contribution in [0.2, 0.25) is 0 Å². The monoisotopic (exact) mass is 274 g/mol. The molecule has 3 nitrogen and oxygen atoms in total. The third-order valence-electron chi connectivity index (χ3n) is 3.57. The number of fused-ring (bicyclic) bond motifs is 1. The van der Waals surface area contributed by atoms with Gasteiger partial charge >= 0.3 is 0 Å². The molecule has 0 spiro atoms. The van der Waals surface area contributed by atoms with Gasteiger partial charge < -0.3 is 14.6 Å². The third-order valence-corrected chi connectivity index (χ3v) is 3.57. The van der Waals surface area contributed by atoms with E-state index in [2.05, 4.69) is 35.3 Å². The normalized spacial score (nSPS) is 17.0. The molecule has 1 aromatic heterocycles. The lowest BCUT2D eigenvalue weighted by Gasteiger charge is -2.11. The van der Waals surface area contributed by atoms with E-state index in [1.807, 2.05) is 0 Å². The Bertz CT molecular complexity index is 594. The fourth-order valence-electron chi connectivity index (χ4n) is 2.60. The van der Waals surface area contributed by atoms with Crippen molar-refractivity contribution in [2.45, 2.75) is 32.5 Å². The Morgan fingerprint density at radius 2 is 2.30 bits per heavy atom. The van der Waals surface area contributed by atoms with E-state index < -0.39 is 0 Å². The first-order chi connectivity index (χ1) is 9.74. The van der Waals surface area contributed by atoms with Gasteiger partial charge in [-0.05, 0) is 36.4 Å². The summed E-state index contributed by atoms with van der Waals surface area (Å²) in [5.41, 5.74) is 2.24. The minimum Gasteiger partial charge on any atom is -0.488 e. The zero-order chi connectivity index (χ0) is 13.9. The largest absolute Gasteiger partial charge is 0.488 e. The van der Waals surface area contributed by atoms with E-state index in [9.17, 15) is 4.39 Å². The summed E-state index contributed by atoms with van der Waals surface area (Å²) in [5.74, 6) is 0.623. The summed E-state index contributed by atoms with van der Waals surface area (Å²) in [7, 11) is 0. The molecule has 0 saturated carbocycles. The summed E-state index contributed by atoms with van der Waals surface area (Å²) in [5, 5.41) is 3.31. The van der Waals surface area contributed by atoms with Gasteiger partial charge in [-0.2, -0.15) is 0 Å². The molecular formula is C16H19FN2O. The molecule has 0 radical (unpaired) electrons. The lowest BCUT2D eigenvalue weighted by Crippen LogP contribution is -2.20. The SMILES string of the molecule is CCNCc1ccn(CC2Cc3cc(F)ccc3O2)c1. The van der Waals surface area contributed by atoms with Gasteiger partial charge in [-0.25, -0.2) is 4.39 Å². The van der Waals surface area contributed by atoms with Crippen LogP contribution in [0.25, 0.3) is 0 Å². The summed E-state index contributed by atoms with van der Waals surface area (Å²) in [6, 6.07) is 6.86. The maximum Gasteiger partial charge on any atom is 0.123 e. The number of nitrogens with zero attached hydrogens (tertiary/aromatic N) is 1. The highest BCUT2D eigenvalue weighted by atomic mass is 19.1. The second kappa shape index (κ2) is 5.67. The van der Waals surface area contributed by atoms with Gasteiger partial charge in [-0.3, -0.25) is 0 Å². The van der Waals surface area contributed by atoms with Gasteiger partial charge in [0.2, 0.25) is 0 Å². The van der Waals surface area contributed by atoms with Crippen molar-refractivity contribution in [1.29, 1.82) is 0 Å². The Morgan fingerprint density at radius 3 is 3.15 bits per heavy atom. The average Bonchev–Trinajstić information content (AvgIpc) is 3.02. The molecule has 3 rings (SSSR count). The Morgan fingerprint density at radius 1 is 1.40 bits per heavy atom. The van der Waals surface area contributed by atoms with E-state index in [0.29, 0.717) is 0 Å². The van der Waals surface area contributed by atoms with Crippen LogP contribution in [0.5, 0.6) is 5.75 Å². The number of halogens is 1. The zero-order valence-electron chi connectivity index (χ0n) is 11.6. The van der Waals surface area contributed by atoms with Crippen LogP contribution in [-0.4, -0.2) is 17.2 Å². The van der Waals surface area contributed by atoms with Gasteiger partial charge in [0.25, 0.3) is 0 Å². The molecule has 1 aromatic carbocycles. The fourth-order valence-corrected chi connectivity index (χ4v) is 2.60. The van der Waals surface area contributed by atoms with Crippen molar-refractivity contribution in [2.75, 3.05) is 6.54 Å². The van der Waals surface area contributed by atoms with Crippen LogP contribution in [0.1, 0.15) is 18.1 Å². The molecule has 2 aromatic rings. The van der Waals surface area contributed by atoms with Crippen LogP contribution < -0.4 is 10.1 Å². The first kappa shape index (κ1) is 13.2. The number of nitrogens with one attached hydrogen (secondary N) is 1. The lowest BCUT2D eigenvalue weighted by atomic mass is 10.1. The number of ether oxygens (including phenoxy) is 1. The summed E-state index contributed by atoms with van der Waals surface area (Å²) < 4.78 is 21.2. The first-order valence-corrected chi connectivity index (χ1v) is 7.05. The Hall–Kier alpha value is -1.81. The van der Waals surface area contributed by atoms with Gasteiger partial charge in [0, 0.05) is 30.9 Å². The van der Waals surface area contributed by atoms with E-state index in [1.165, 1.54) is 11.6 Å². The van der Waals surface area contributed by atoms with Crippen molar-refractivity contribution < 1.29 is 9.13 Å². The first-order valence-electron chi connectivity index (χ1n) is 7.05. The van der Waals surface area contributed by atoms with Crippen LogP contribution in [0.4, 0.5) is 4.39 Å². The van der Waals surface area contributed by atoms with Crippen molar-refractivity contribution >= 4 is 0 Å². The molecule has 1 unspecified atom stereocenters. The van der Waals surface area contributed by atoms with Gasteiger partial charge in [0.05, 0.1) is 6.54 Å². The molecule has 1 aliphatic rings. The minimum atomic E-state index is -0.193. The van der Waals surface area contributed by atoms with Gasteiger partial charge in [-0.1, -0.05) is 6.92 Å². The fraction of sp³-hybridized carbons (Fsp3) is 0.375. The second-order valence-electron chi connectivity index (χ2n) is 5.19. The van der Waals surface area contributed by atoms with Crippen LogP contribution in [0.15, 0.2) is 36.7 Å². The van der Waals surface area contributed by atoms with Gasteiger partial charge in [0.15, 0.2) is 0 Å². The van der Waals surface area contributed by atoms with E-state index in [-0.39, 0.29) is 11.9 Å². The van der Waals surface area contributed by atoms with Crippen molar-refractivity contribution in [1.82, 2.24) is 9.88 Å². The highest BCUT2D eigenvalue weighted by Gasteiger charge is 2.23. The van der Waals surface area contributed by atoms with E-state index in [4.69, 9.17) is 4.74 Å². The van der Waals surface area contributed by atoms with Crippen LogP contribution in [0.3, 0.4) is 0 Å². The number of rotatable bonds is 5. The molecule has 1 N–H and O–H groups in total. The molecule has 0 fully saturated rings. The van der Waals surface area contributed by atoms with Gasteiger partial charge in [-0.15, -0.1) is 0 Å². The molecule has 1 atom stereocenters. The maximum atomic E-state index is 13.2. The average molecular weight is 274 g/mol. The highest BCUT2D eigenvalue weighted by molar-refractivity contribution is 5.37. The molecule has 20 heavy (non-hydrogen) atoms. The van der Waals surface area contributed by atoms with Crippen molar-refractivity contribution in [3.05, 3.63) is 53.6 Å². The van der Waals surface area contributed by atoms with Crippen LogP contribution in [0, 0.1) is 5.82 Å². The summed E-state index contributed by atoms with van der Waals surface area (Å²) >= 11 is 0. The van der Waals surface area contributed by atoms with E-state index >= 15 is 0 Å². The minimum absolute atomic E-state index is 0.0891. The summed E-state index contributed by atoms with van der Waals surface area (Å²) in [6.07, 6.45) is 5.06. The number of hydrogen-bond acceptors (Lipinski definition) is 2. The molecule has 0 amide bonds. The lowest BCUT2D eigenvalue weighted by molar-refractivity contribution is 0.209. The van der Waals surface area contributed by atoms with Crippen LogP contribution in [-0.2, 0) is 19.5 Å². The smallest absolute Gasteiger partial charge is 0.123 e. The highest BCUT2D eigenvalue weighted by Crippen LogP contribution is 2.29. The van der Waals surface area contributed by atoms with Crippen molar-refractivity contribution in [3.8, 4) is 5.75 Å². The molecule has 4 heteroatoms. The third kappa shape index (κ3) is 2.85. The van der Waals surface area contributed by atoms with Crippen molar-refractivity contribution in [2.24, 2.45) is 0 Å². The Kier molecular flexibility index (Phi) is 3.74. The van der Waals surface area contributed by atoms with Crippen molar-refractivity contribution in [3.63, 3.8) is 0 Å². The molecule has 1 aliphatic heterocycles. The second-order valence-corrected chi connectivity index (χ2v) is 5.19. The summed E-state index contributed by atoms with van der Waals surface area (Å²) in [4.78, 5) is 0.